The van der Waals surface area contributed by atoms with Crippen LogP contribution in [-0.4, -0.2) is 47.0 Å². The number of hydrogen-bond donors (Lipinski definition) is 1. The third-order valence-electron chi connectivity index (χ3n) is 4.86. The lowest BCUT2D eigenvalue weighted by Gasteiger charge is -2.28. The van der Waals surface area contributed by atoms with Crippen LogP contribution in [0.1, 0.15) is 43.4 Å². The van der Waals surface area contributed by atoms with Gasteiger partial charge in [-0.3, -0.25) is 14.3 Å². The van der Waals surface area contributed by atoms with Gasteiger partial charge in [0.05, 0.1) is 5.56 Å². The zero-order valence-electron chi connectivity index (χ0n) is 14.4. The summed E-state index contributed by atoms with van der Waals surface area (Å²) in [7, 11) is 1.52. The van der Waals surface area contributed by atoms with Crippen molar-refractivity contribution in [1.82, 2.24) is 14.5 Å². The molecule has 7 nitrogen and oxygen atoms in total. The van der Waals surface area contributed by atoms with E-state index in [4.69, 9.17) is 9.47 Å². The van der Waals surface area contributed by atoms with Crippen LogP contribution in [0.15, 0.2) is 9.59 Å². The number of aromatic amines is 1. The highest BCUT2D eigenvalue weighted by Crippen LogP contribution is 2.15. The Morgan fingerprint density at radius 3 is 2.96 bits per heavy atom. The van der Waals surface area contributed by atoms with Crippen LogP contribution in [0.4, 0.5) is 0 Å². The van der Waals surface area contributed by atoms with Crippen molar-refractivity contribution in [3.05, 3.63) is 32.1 Å². The molecule has 1 N–H and O–H groups in total. The van der Waals surface area contributed by atoms with Crippen molar-refractivity contribution < 1.29 is 9.47 Å². The number of unbranched alkanes of at least 4 members (excludes halogenated alkanes) is 1. The van der Waals surface area contributed by atoms with E-state index in [1.54, 1.807) is 0 Å². The van der Waals surface area contributed by atoms with Crippen LogP contribution in [0, 0.1) is 0 Å². The second-order valence-corrected chi connectivity index (χ2v) is 6.65. The molecule has 24 heavy (non-hydrogen) atoms. The van der Waals surface area contributed by atoms with Crippen molar-refractivity contribution in [3.8, 4) is 0 Å². The molecule has 3 heterocycles. The first-order valence-corrected chi connectivity index (χ1v) is 8.92. The summed E-state index contributed by atoms with van der Waals surface area (Å²) in [6.07, 6.45) is 6.08. The molecule has 134 valence electrons. The summed E-state index contributed by atoms with van der Waals surface area (Å²) >= 11 is 0. The Labute approximate surface area is 141 Å². The maximum Gasteiger partial charge on any atom is 0.328 e. The van der Waals surface area contributed by atoms with Gasteiger partial charge in [-0.15, -0.1) is 0 Å². The van der Waals surface area contributed by atoms with Crippen LogP contribution in [0.2, 0.25) is 0 Å². The van der Waals surface area contributed by atoms with Crippen LogP contribution in [-0.2, 0) is 29.5 Å². The number of nitrogens with one attached hydrogen (secondary N) is 1. The van der Waals surface area contributed by atoms with Crippen LogP contribution >= 0.6 is 0 Å². The number of hydrogen-bond acceptors (Lipinski definition) is 5. The van der Waals surface area contributed by atoms with E-state index in [2.05, 4.69) is 9.88 Å². The molecule has 0 saturated carbocycles. The summed E-state index contributed by atoms with van der Waals surface area (Å²) < 4.78 is 12.4. The van der Waals surface area contributed by atoms with E-state index in [9.17, 15) is 9.59 Å². The van der Waals surface area contributed by atoms with Crippen molar-refractivity contribution in [1.29, 1.82) is 0 Å². The Kier molecular flexibility index (Phi) is 5.86. The van der Waals surface area contributed by atoms with Gasteiger partial charge in [0, 0.05) is 45.5 Å². The molecule has 1 saturated heterocycles. The molecule has 1 fully saturated rings. The number of nitrogens with zero attached hydrogens (tertiary/aromatic N) is 2. The molecule has 3 rings (SSSR count). The molecule has 1 aromatic heterocycles. The van der Waals surface area contributed by atoms with E-state index in [0.29, 0.717) is 6.54 Å². The molecule has 0 aliphatic carbocycles. The Balaban J connectivity index is 1.42. The largest absolute Gasteiger partial charge is 0.353 e. The average molecular weight is 337 g/mol. The minimum atomic E-state index is -0.325. The van der Waals surface area contributed by atoms with E-state index in [-0.39, 0.29) is 17.5 Å². The molecule has 0 bridgehead atoms. The molecule has 0 amide bonds. The first-order valence-electron chi connectivity index (χ1n) is 8.92. The Hall–Kier alpha value is -1.44. The van der Waals surface area contributed by atoms with E-state index in [1.807, 2.05) is 0 Å². The summed E-state index contributed by atoms with van der Waals surface area (Å²) in [4.78, 5) is 28.9. The normalized spacial score (nSPS) is 21.6. The molecule has 2 aliphatic heterocycles. The van der Waals surface area contributed by atoms with Gasteiger partial charge in [-0.05, 0) is 38.6 Å². The van der Waals surface area contributed by atoms with Gasteiger partial charge in [0.1, 0.15) is 0 Å². The van der Waals surface area contributed by atoms with E-state index >= 15 is 0 Å². The molecule has 7 heteroatoms. The van der Waals surface area contributed by atoms with Crippen LogP contribution < -0.4 is 11.2 Å². The highest BCUT2D eigenvalue weighted by atomic mass is 16.7. The summed E-state index contributed by atoms with van der Waals surface area (Å²) in [6.45, 7) is 3.98. The van der Waals surface area contributed by atoms with Crippen molar-refractivity contribution in [2.24, 2.45) is 7.05 Å². The summed E-state index contributed by atoms with van der Waals surface area (Å²) in [5.41, 5.74) is 1.04. The number of rotatable bonds is 6. The van der Waals surface area contributed by atoms with E-state index in [0.717, 1.165) is 74.2 Å². The van der Waals surface area contributed by atoms with Crippen molar-refractivity contribution in [3.63, 3.8) is 0 Å². The van der Waals surface area contributed by atoms with Crippen molar-refractivity contribution in [2.75, 3.05) is 26.3 Å². The minimum Gasteiger partial charge on any atom is -0.353 e. The van der Waals surface area contributed by atoms with Gasteiger partial charge < -0.3 is 14.5 Å². The molecule has 1 atom stereocenters. The first kappa shape index (κ1) is 17.4. The molecule has 0 aromatic carbocycles. The summed E-state index contributed by atoms with van der Waals surface area (Å²) in [5.74, 6) is 0. The molecular weight excluding hydrogens is 310 g/mol. The van der Waals surface area contributed by atoms with Gasteiger partial charge in [-0.1, -0.05) is 0 Å². The predicted octanol–water partition coefficient (Wildman–Crippen LogP) is 0.755. The topological polar surface area (TPSA) is 76.6 Å². The standard InChI is InChI=1S/C17H27N3O4/c1-19-16(21)13-12-20(9-7-14(13)18-17(19)22)8-3-5-11-24-15-6-2-4-10-23-15/h15H,2-12H2,1H3,(H,18,22). The van der Waals surface area contributed by atoms with Crippen LogP contribution in [0.5, 0.6) is 0 Å². The van der Waals surface area contributed by atoms with E-state index < -0.39 is 0 Å². The van der Waals surface area contributed by atoms with Gasteiger partial charge in [0.15, 0.2) is 6.29 Å². The van der Waals surface area contributed by atoms with E-state index in [1.165, 1.54) is 13.5 Å². The van der Waals surface area contributed by atoms with Crippen LogP contribution in [0.3, 0.4) is 0 Å². The molecule has 1 aromatic rings. The monoisotopic (exact) mass is 337 g/mol. The van der Waals surface area contributed by atoms with Gasteiger partial charge in [0.2, 0.25) is 0 Å². The smallest absolute Gasteiger partial charge is 0.328 e. The summed E-state index contributed by atoms with van der Waals surface area (Å²) in [5, 5.41) is 0. The third kappa shape index (κ3) is 4.15. The minimum absolute atomic E-state index is 0.0135. The maximum absolute atomic E-state index is 12.2. The number of aromatic nitrogens is 2. The molecule has 2 aliphatic rings. The fourth-order valence-electron chi connectivity index (χ4n) is 3.35. The van der Waals surface area contributed by atoms with Gasteiger partial charge in [-0.25, -0.2) is 4.79 Å². The lowest BCUT2D eigenvalue weighted by atomic mass is 10.1. The lowest BCUT2D eigenvalue weighted by molar-refractivity contribution is -0.162. The van der Waals surface area contributed by atoms with Crippen LogP contribution in [0.25, 0.3) is 0 Å². The van der Waals surface area contributed by atoms with Crippen molar-refractivity contribution >= 4 is 0 Å². The highest BCUT2D eigenvalue weighted by Gasteiger charge is 2.21. The fourth-order valence-corrected chi connectivity index (χ4v) is 3.35. The Morgan fingerprint density at radius 1 is 1.29 bits per heavy atom. The highest BCUT2D eigenvalue weighted by molar-refractivity contribution is 5.19. The zero-order valence-corrected chi connectivity index (χ0v) is 14.4. The van der Waals surface area contributed by atoms with Gasteiger partial charge in [-0.2, -0.15) is 0 Å². The first-order chi connectivity index (χ1) is 11.6. The fraction of sp³-hybridized carbons (Fsp3) is 0.765. The molecule has 0 radical (unpaired) electrons. The maximum atomic E-state index is 12.2. The molecule has 1 unspecified atom stereocenters. The van der Waals surface area contributed by atoms with Gasteiger partial charge >= 0.3 is 5.69 Å². The Morgan fingerprint density at radius 2 is 2.17 bits per heavy atom. The lowest BCUT2D eigenvalue weighted by Crippen LogP contribution is -2.42. The second kappa shape index (κ2) is 8.09. The quantitative estimate of drug-likeness (QED) is 0.776. The van der Waals surface area contributed by atoms with Crippen molar-refractivity contribution in [2.45, 2.75) is 51.4 Å². The average Bonchev–Trinajstić information content (AvgIpc) is 2.61. The third-order valence-corrected chi connectivity index (χ3v) is 4.86. The van der Waals surface area contributed by atoms with Gasteiger partial charge in [0.25, 0.3) is 5.56 Å². The predicted molar refractivity (Wildman–Crippen MR) is 90.1 cm³/mol. The molecular formula is C17H27N3O4. The summed E-state index contributed by atoms with van der Waals surface area (Å²) in [6, 6.07) is 0. The molecule has 0 spiro atoms. The Bertz CT molecular complexity index is 661. The second-order valence-electron chi connectivity index (χ2n) is 6.65. The number of ether oxygens (including phenoxy) is 2. The SMILES string of the molecule is Cn1c(=O)[nH]c2c(c1=O)CN(CCCCOC1CCCCO1)CC2. The zero-order chi connectivity index (χ0) is 16.9. The number of H-pyrrole nitrogens is 1. The number of fused-ring (bicyclic) bond motifs is 1.